The predicted molar refractivity (Wildman–Crippen MR) is 82.2 cm³/mol. The van der Waals surface area contributed by atoms with Crippen LogP contribution in [0.15, 0.2) is 0 Å². The number of likely N-dealkylation sites (N-methyl/N-ethyl adjacent to an activating group) is 1. The fourth-order valence-electron chi connectivity index (χ4n) is 2.33. The molecule has 0 unspecified atom stereocenters. The number of hydrogen-bond acceptors (Lipinski definition) is 4. The minimum absolute atomic E-state index is 0.0159. The summed E-state index contributed by atoms with van der Waals surface area (Å²) in [5, 5.41) is 8.93. The maximum atomic E-state index is 12.1. The van der Waals surface area contributed by atoms with E-state index >= 15 is 0 Å². The molecule has 0 spiro atoms. The van der Waals surface area contributed by atoms with Crippen molar-refractivity contribution in [2.45, 2.75) is 25.7 Å². The highest BCUT2D eigenvalue weighted by Gasteiger charge is 2.27. The molecule has 0 aliphatic carbocycles. The summed E-state index contributed by atoms with van der Waals surface area (Å²) in [6.07, 6.45) is 4.27. The number of hydrogen-bond donors (Lipinski definition) is 1. The summed E-state index contributed by atoms with van der Waals surface area (Å²) >= 11 is 1.70. The zero-order valence-electron chi connectivity index (χ0n) is 12.7. The van der Waals surface area contributed by atoms with Crippen molar-refractivity contribution in [2.75, 3.05) is 38.7 Å². The molecule has 120 valence electrons. The Labute approximate surface area is 129 Å². The first-order valence-corrected chi connectivity index (χ1v) is 8.58. The molecule has 0 aromatic heterocycles. The fraction of sp³-hybridized carbons (Fsp3) is 0.786. The van der Waals surface area contributed by atoms with Gasteiger partial charge in [-0.05, 0) is 31.3 Å². The average Bonchev–Trinajstić information content (AvgIpc) is 2.47. The Morgan fingerprint density at radius 2 is 1.90 bits per heavy atom. The van der Waals surface area contributed by atoms with Crippen molar-refractivity contribution in [2.24, 2.45) is 5.92 Å². The number of carboxylic acids is 1. The van der Waals surface area contributed by atoms with Crippen molar-refractivity contribution in [1.82, 2.24) is 9.80 Å². The van der Waals surface area contributed by atoms with Crippen molar-refractivity contribution in [3.63, 3.8) is 0 Å². The van der Waals surface area contributed by atoms with Crippen molar-refractivity contribution in [3.05, 3.63) is 0 Å². The highest BCUT2D eigenvalue weighted by Crippen LogP contribution is 2.17. The number of likely N-dealkylation sites (tertiary alicyclic amines) is 1. The zero-order valence-corrected chi connectivity index (χ0v) is 13.5. The predicted octanol–water partition coefficient (Wildman–Crippen LogP) is 0.911. The van der Waals surface area contributed by atoms with E-state index < -0.39 is 5.97 Å². The van der Waals surface area contributed by atoms with E-state index in [0.29, 0.717) is 32.4 Å². The van der Waals surface area contributed by atoms with E-state index in [9.17, 15) is 14.4 Å². The first kappa shape index (κ1) is 17.8. The van der Waals surface area contributed by atoms with E-state index in [-0.39, 0.29) is 24.3 Å². The lowest BCUT2D eigenvalue weighted by Gasteiger charge is -2.31. The van der Waals surface area contributed by atoms with Gasteiger partial charge >= 0.3 is 5.97 Å². The van der Waals surface area contributed by atoms with Crippen LogP contribution >= 0.6 is 11.8 Å². The van der Waals surface area contributed by atoms with Gasteiger partial charge in [0, 0.05) is 26.6 Å². The third-order valence-electron chi connectivity index (χ3n) is 3.73. The number of carbonyl (C=O) groups excluding carboxylic acids is 2. The molecule has 0 bridgehead atoms. The van der Waals surface area contributed by atoms with Crippen LogP contribution in [0.2, 0.25) is 0 Å². The standard InChI is InChI=1S/C14H24N2O4S/c1-15(12(17)4-3-9-21-2)10-13(18)16-7-5-11(6-8-16)14(19)20/h11H,3-10H2,1-2H3,(H,19,20). The zero-order chi connectivity index (χ0) is 15.8. The van der Waals surface area contributed by atoms with E-state index in [4.69, 9.17) is 5.11 Å². The van der Waals surface area contributed by atoms with E-state index in [1.165, 1.54) is 4.90 Å². The van der Waals surface area contributed by atoms with Crippen LogP contribution in [0, 0.1) is 5.92 Å². The summed E-state index contributed by atoms with van der Waals surface area (Å²) in [5.41, 5.74) is 0. The largest absolute Gasteiger partial charge is 0.481 e. The number of thioether (sulfide) groups is 1. The Bertz CT molecular complexity index is 381. The SMILES string of the molecule is CSCCCC(=O)N(C)CC(=O)N1CCC(C(=O)O)CC1. The molecule has 0 saturated carbocycles. The molecule has 0 atom stereocenters. The third kappa shape index (κ3) is 5.95. The van der Waals surface area contributed by atoms with E-state index in [1.807, 2.05) is 6.26 Å². The number of piperidine rings is 1. The van der Waals surface area contributed by atoms with Crippen LogP contribution in [0.5, 0.6) is 0 Å². The van der Waals surface area contributed by atoms with Gasteiger partial charge in [0.15, 0.2) is 0 Å². The molecule has 21 heavy (non-hydrogen) atoms. The summed E-state index contributed by atoms with van der Waals surface area (Å²) in [5.74, 6) is -0.309. The van der Waals surface area contributed by atoms with E-state index in [2.05, 4.69) is 0 Å². The van der Waals surface area contributed by atoms with Crippen LogP contribution in [0.1, 0.15) is 25.7 Å². The summed E-state index contributed by atoms with van der Waals surface area (Å²) in [6.45, 7) is 1.00. The van der Waals surface area contributed by atoms with Gasteiger partial charge < -0.3 is 14.9 Å². The quantitative estimate of drug-likeness (QED) is 0.706. The van der Waals surface area contributed by atoms with Crippen LogP contribution in [0.4, 0.5) is 0 Å². The second-order valence-corrected chi connectivity index (χ2v) is 6.33. The van der Waals surface area contributed by atoms with Crippen molar-refractivity contribution >= 4 is 29.5 Å². The van der Waals surface area contributed by atoms with Crippen LogP contribution in [-0.4, -0.2) is 71.4 Å². The number of amides is 2. The number of carboxylic acid groups (broad SMARTS) is 1. The molecule has 0 aromatic carbocycles. The van der Waals surface area contributed by atoms with Gasteiger partial charge in [-0.2, -0.15) is 11.8 Å². The van der Waals surface area contributed by atoms with Gasteiger partial charge in [0.1, 0.15) is 0 Å². The summed E-state index contributed by atoms with van der Waals surface area (Å²) in [7, 11) is 1.64. The first-order chi connectivity index (χ1) is 9.95. The average molecular weight is 316 g/mol. The minimum Gasteiger partial charge on any atom is -0.481 e. The maximum absolute atomic E-state index is 12.1. The van der Waals surface area contributed by atoms with Crippen LogP contribution in [-0.2, 0) is 14.4 Å². The first-order valence-electron chi connectivity index (χ1n) is 7.19. The topological polar surface area (TPSA) is 77.9 Å². The molecular formula is C14H24N2O4S. The molecule has 1 saturated heterocycles. The lowest BCUT2D eigenvalue weighted by molar-refractivity contribution is -0.146. The van der Waals surface area contributed by atoms with Gasteiger partial charge in [0.2, 0.25) is 11.8 Å². The second kappa shape index (κ2) is 8.92. The summed E-state index contributed by atoms with van der Waals surface area (Å²) in [4.78, 5) is 37.9. The van der Waals surface area contributed by atoms with Gasteiger partial charge in [-0.15, -0.1) is 0 Å². The molecule has 1 aliphatic heterocycles. The Balaban J connectivity index is 2.33. The Kier molecular flexibility index (Phi) is 7.56. The number of nitrogens with zero attached hydrogens (tertiary/aromatic N) is 2. The van der Waals surface area contributed by atoms with Gasteiger partial charge in [0.25, 0.3) is 0 Å². The molecule has 1 fully saturated rings. The molecule has 6 nitrogen and oxygen atoms in total. The molecule has 1 heterocycles. The summed E-state index contributed by atoms with van der Waals surface area (Å²) < 4.78 is 0. The van der Waals surface area contributed by atoms with Crippen LogP contribution in [0.25, 0.3) is 0 Å². The van der Waals surface area contributed by atoms with Crippen LogP contribution in [0.3, 0.4) is 0 Å². The molecular weight excluding hydrogens is 292 g/mol. The molecule has 1 rings (SSSR count). The van der Waals surface area contributed by atoms with Gasteiger partial charge in [-0.3, -0.25) is 14.4 Å². The monoisotopic (exact) mass is 316 g/mol. The minimum atomic E-state index is -0.789. The lowest BCUT2D eigenvalue weighted by Crippen LogP contribution is -2.45. The smallest absolute Gasteiger partial charge is 0.306 e. The normalized spacial score (nSPS) is 15.8. The Morgan fingerprint density at radius 3 is 2.43 bits per heavy atom. The van der Waals surface area contributed by atoms with Gasteiger partial charge in [-0.25, -0.2) is 0 Å². The van der Waals surface area contributed by atoms with Gasteiger partial charge in [0.05, 0.1) is 12.5 Å². The molecule has 2 amide bonds. The highest BCUT2D eigenvalue weighted by atomic mass is 32.2. The Morgan fingerprint density at radius 1 is 1.29 bits per heavy atom. The molecule has 1 N–H and O–H groups in total. The highest BCUT2D eigenvalue weighted by molar-refractivity contribution is 7.98. The maximum Gasteiger partial charge on any atom is 0.306 e. The van der Waals surface area contributed by atoms with Crippen molar-refractivity contribution in [1.29, 1.82) is 0 Å². The molecule has 7 heteroatoms. The lowest BCUT2D eigenvalue weighted by atomic mass is 9.97. The number of aliphatic carboxylic acids is 1. The van der Waals surface area contributed by atoms with E-state index in [0.717, 1.165) is 12.2 Å². The van der Waals surface area contributed by atoms with Gasteiger partial charge in [-0.1, -0.05) is 0 Å². The second-order valence-electron chi connectivity index (χ2n) is 5.34. The Hall–Kier alpha value is -1.24. The molecule has 0 radical (unpaired) electrons. The summed E-state index contributed by atoms with van der Waals surface area (Å²) in [6, 6.07) is 0. The van der Waals surface area contributed by atoms with Crippen LogP contribution < -0.4 is 0 Å². The van der Waals surface area contributed by atoms with Crippen molar-refractivity contribution < 1.29 is 19.5 Å². The molecule has 1 aliphatic rings. The fourth-order valence-corrected chi connectivity index (χ4v) is 2.76. The number of rotatable bonds is 7. The van der Waals surface area contributed by atoms with E-state index in [1.54, 1.807) is 23.7 Å². The molecule has 0 aromatic rings. The number of carbonyl (C=O) groups is 3. The van der Waals surface area contributed by atoms with Crippen molar-refractivity contribution in [3.8, 4) is 0 Å². The third-order valence-corrected chi connectivity index (χ3v) is 4.43.